The average Bonchev–Trinajstić information content (AvgIpc) is 2.90. The third-order valence-corrected chi connectivity index (χ3v) is 6.50. The molecule has 0 N–H and O–H groups in total. The number of hydrogen-bond donors (Lipinski definition) is 0. The zero-order chi connectivity index (χ0) is 17.2. The molecule has 1 saturated heterocycles. The zero-order valence-electron chi connectivity index (χ0n) is 14.4. The van der Waals surface area contributed by atoms with Crippen LogP contribution >= 0.6 is 0 Å². The summed E-state index contributed by atoms with van der Waals surface area (Å²) in [6.45, 7) is 8.08. The monoisotopic (exact) mass is 341 g/mol. The lowest BCUT2D eigenvalue weighted by Crippen LogP contribution is -2.39. The van der Waals surface area contributed by atoms with Gasteiger partial charge in [-0.1, -0.05) is 20.8 Å². The molecule has 1 fully saturated rings. The maximum Gasteiger partial charge on any atom is 0.270 e. The van der Waals surface area contributed by atoms with E-state index in [0.717, 1.165) is 25.9 Å². The highest BCUT2D eigenvalue weighted by Crippen LogP contribution is 2.22. The van der Waals surface area contributed by atoms with Crippen molar-refractivity contribution in [2.75, 3.05) is 26.2 Å². The number of rotatable bonds is 5. The molecule has 1 aromatic heterocycles. The Labute approximate surface area is 139 Å². The van der Waals surface area contributed by atoms with Crippen LogP contribution < -0.4 is 0 Å². The lowest BCUT2D eigenvalue weighted by Gasteiger charge is -2.30. The number of likely N-dealkylation sites (tertiary alicyclic amines) is 1. The second-order valence-electron chi connectivity index (χ2n) is 6.26. The van der Waals surface area contributed by atoms with Crippen LogP contribution in [-0.2, 0) is 17.1 Å². The molecule has 2 rings (SSSR count). The Bertz CT molecular complexity index is 662. The molecule has 7 heteroatoms. The van der Waals surface area contributed by atoms with Crippen LogP contribution in [0.3, 0.4) is 0 Å². The molecule has 1 amide bonds. The highest BCUT2D eigenvalue weighted by Gasteiger charge is 2.28. The van der Waals surface area contributed by atoms with E-state index in [9.17, 15) is 13.2 Å². The molecule has 23 heavy (non-hydrogen) atoms. The standard InChI is InChI=1S/C16H27N3O3S/c1-5-19(6-2)23(21,22)14-10-15(17(4)12-14)16(20)18-9-7-8-13(3)11-18/h10,12-13H,5-9,11H2,1-4H3. The Morgan fingerprint density at radius 3 is 2.57 bits per heavy atom. The number of hydrogen-bond acceptors (Lipinski definition) is 3. The average molecular weight is 341 g/mol. The van der Waals surface area contributed by atoms with Crippen LogP contribution in [0.4, 0.5) is 0 Å². The largest absolute Gasteiger partial charge is 0.345 e. The molecule has 1 aliphatic rings. The van der Waals surface area contributed by atoms with Crippen LogP contribution in [0, 0.1) is 5.92 Å². The molecular formula is C16H27N3O3S. The van der Waals surface area contributed by atoms with Gasteiger partial charge in [0.05, 0.1) is 0 Å². The van der Waals surface area contributed by atoms with Crippen LogP contribution in [0.25, 0.3) is 0 Å². The van der Waals surface area contributed by atoms with Gasteiger partial charge in [-0.15, -0.1) is 0 Å². The highest BCUT2D eigenvalue weighted by molar-refractivity contribution is 7.89. The lowest BCUT2D eigenvalue weighted by molar-refractivity contribution is 0.0673. The van der Waals surface area contributed by atoms with Crippen LogP contribution in [0.15, 0.2) is 17.2 Å². The van der Waals surface area contributed by atoms with Gasteiger partial charge in [-0.05, 0) is 24.8 Å². The molecule has 0 aromatic carbocycles. The SMILES string of the molecule is CCN(CC)S(=O)(=O)c1cc(C(=O)N2CCCC(C)C2)n(C)c1. The Morgan fingerprint density at radius 2 is 2.00 bits per heavy atom. The Kier molecular flexibility index (Phi) is 5.52. The molecule has 1 atom stereocenters. The van der Waals surface area contributed by atoms with Gasteiger partial charge >= 0.3 is 0 Å². The van der Waals surface area contributed by atoms with Crippen LogP contribution in [-0.4, -0.2) is 54.3 Å². The minimum Gasteiger partial charge on any atom is -0.345 e. The Balaban J connectivity index is 2.29. The van der Waals surface area contributed by atoms with E-state index in [1.807, 2.05) is 18.7 Å². The van der Waals surface area contributed by atoms with Gasteiger partial charge in [-0.2, -0.15) is 4.31 Å². The number of amides is 1. The van der Waals surface area contributed by atoms with E-state index in [4.69, 9.17) is 0 Å². The fraction of sp³-hybridized carbons (Fsp3) is 0.688. The first-order valence-electron chi connectivity index (χ1n) is 8.27. The van der Waals surface area contributed by atoms with Crippen molar-refractivity contribution in [1.29, 1.82) is 0 Å². The molecule has 6 nitrogen and oxygen atoms in total. The summed E-state index contributed by atoms with van der Waals surface area (Å²) in [7, 11) is -1.81. The maximum absolute atomic E-state index is 12.7. The minimum absolute atomic E-state index is 0.0833. The van der Waals surface area contributed by atoms with E-state index < -0.39 is 10.0 Å². The summed E-state index contributed by atoms with van der Waals surface area (Å²) >= 11 is 0. The van der Waals surface area contributed by atoms with Crippen molar-refractivity contribution in [2.45, 2.75) is 38.5 Å². The maximum atomic E-state index is 12.7. The van der Waals surface area contributed by atoms with Crippen molar-refractivity contribution in [3.8, 4) is 0 Å². The number of nitrogens with zero attached hydrogens (tertiary/aromatic N) is 3. The summed E-state index contributed by atoms with van der Waals surface area (Å²) in [5.74, 6) is 0.409. The summed E-state index contributed by atoms with van der Waals surface area (Å²) in [6.07, 6.45) is 3.68. The van der Waals surface area contributed by atoms with Crippen LogP contribution in [0.5, 0.6) is 0 Å². The van der Waals surface area contributed by atoms with E-state index in [2.05, 4.69) is 6.92 Å². The predicted octanol–water partition coefficient (Wildman–Crippen LogP) is 1.93. The molecule has 2 heterocycles. The van der Waals surface area contributed by atoms with Crippen molar-refractivity contribution in [3.63, 3.8) is 0 Å². The van der Waals surface area contributed by atoms with Crippen LogP contribution in [0.2, 0.25) is 0 Å². The highest BCUT2D eigenvalue weighted by atomic mass is 32.2. The van der Waals surface area contributed by atoms with Gasteiger partial charge in [-0.25, -0.2) is 8.42 Å². The van der Waals surface area contributed by atoms with Crippen molar-refractivity contribution in [1.82, 2.24) is 13.8 Å². The van der Waals surface area contributed by atoms with Gasteiger partial charge in [-0.3, -0.25) is 4.79 Å². The fourth-order valence-corrected chi connectivity index (χ4v) is 4.67. The summed E-state index contributed by atoms with van der Waals surface area (Å²) in [5, 5.41) is 0. The van der Waals surface area contributed by atoms with E-state index >= 15 is 0 Å². The number of aromatic nitrogens is 1. The summed E-state index contributed by atoms with van der Waals surface area (Å²) in [4.78, 5) is 14.7. The smallest absolute Gasteiger partial charge is 0.270 e. The van der Waals surface area contributed by atoms with Gasteiger partial charge in [0.15, 0.2) is 0 Å². The fourth-order valence-electron chi connectivity index (χ4n) is 3.14. The van der Waals surface area contributed by atoms with Crippen molar-refractivity contribution < 1.29 is 13.2 Å². The van der Waals surface area contributed by atoms with E-state index in [0.29, 0.717) is 24.7 Å². The lowest BCUT2D eigenvalue weighted by atomic mass is 10.00. The first-order valence-corrected chi connectivity index (χ1v) is 9.71. The van der Waals surface area contributed by atoms with E-state index in [-0.39, 0.29) is 10.8 Å². The Hall–Kier alpha value is -1.34. The molecule has 130 valence electrons. The van der Waals surface area contributed by atoms with Crippen molar-refractivity contribution in [3.05, 3.63) is 18.0 Å². The molecule has 1 aromatic rings. The number of piperidine rings is 1. The van der Waals surface area contributed by atoms with E-state index in [1.165, 1.54) is 16.6 Å². The van der Waals surface area contributed by atoms with Crippen molar-refractivity contribution >= 4 is 15.9 Å². The molecule has 1 unspecified atom stereocenters. The van der Waals surface area contributed by atoms with Crippen LogP contribution in [0.1, 0.15) is 44.1 Å². The molecular weight excluding hydrogens is 314 g/mol. The number of aryl methyl sites for hydroxylation is 1. The second-order valence-corrected chi connectivity index (χ2v) is 8.20. The molecule has 1 aliphatic heterocycles. The molecule has 0 spiro atoms. The number of carbonyl (C=O) groups excluding carboxylic acids is 1. The quantitative estimate of drug-likeness (QED) is 0.822. The third kappa shape index (κ3) is 3.61. The molecule has 0 bridgehead atoms. The predicted molar refractivity (Wildman–Crippen MR) is 89.8 cm³/mol. The first-order chi connectivity index (χ1) is 10.8. The summed E-state index contributed by atoms with van der Waals surface area (Å²) in [5.41, 5.74) is 0.435. The summed E-state index contributed by atoms with van der Waals surface area (Å²) < 4.78 is 28.2. The molecule has 0 saturated carbocycles. The van der Waals surface area contributed by atoms with Gasteiger partial charge in [0.2, 0.25) is 10.0 Å². The van der Waals surface area contributed by atoms with Gasteiger partial charge < -0.3 is 9.47 Å². The van der Waals surface area contributed by atoms with Crippen molar-refractivity contribution in [2.24, 2.45) is 13.0 Å². The minimum atomic E-state index is -3.54. The van der Waals surface area contributed by atoms with Gasteiger partial charge in [0.25, 0.3) is 5.91 Å². The molecule has 0 radical (unpaired) electrons. The molecule has 0 aliphatic carbocycles. The topological polar surface area (TPSA) is 62.6 Å². The number of carbonyl (C=O) groups is 1. The van der Waals surface area contributed by atoms with Gasteiger partial charge in [0.1, 0.15) is 10.6 Å². The second kappa shape index (κ2) is 7.05. The summed E-state index contributed by atoms with van der Waals surface area (Å²) in [6, 6.07) is 1.51. The third-order valence-electron chi connectivity index (χ3n) is 4.49. The Morgan fingerprint density at radius 1 is 1.35 bits per heavy atom. The first kappa shape index (κ1) is 18.0. The number of sulfonamides is 1. The van der Waals surface area contributed by atoms with E-state index in [1.54, 1.807) is 11.6 Å². The normalized spacial score (nSPS) is 19.3. The van der Waals surface area contributed by atoms with Gasteiger partial charge in [0, 0.05) is 39.4 Å². The zero-order valence-corrected chi connectivity index (χ0v) is 15.3.